The second-order valence-electron chi connectivity index (χ2n) is 7.57. The number of benzene rings is 1. The minimum Gasteiger partial charge on any atom is -0.487 e. The van der Waals surface area contributed by atoms with Crippen LogP contribution in [0.15, 0.2) is 58.3 Å². The molecular weight excluding hydrogens is 418 g/mol. The van der Waals surface area contributed by atoms with Crippen LogP contribution in [0.4, 0.5) is 0 Å². The molecule has 0 saturated heterocycles. The van der Waals surface area contributed by atoms with Crippen molar-refractivity contribution in [1.82, 2.24) is 20.0 Å². The van der Waals surface area contributed by atoms with Crippen LogP contribution in [0, 0.1) is 0 Å². The van der Waals surface area contributed by atoms with Crippen LogP contribution in [0.1, 0.15) is 37.6 Å². The van der Waals surface area contributed by atoms with Gasteiger partial charge in [-0.2, -0.15) is 0 Å². The average Bonchev–Trinajstić information content (AvgIpc) is 3.06. The van der Waals surface area contributed by atoms with Gasteiger partial charge in [-0.1, -0.05) is 18.2 Å². The second kappa shape index (κ2) is 7.47. The number of aliphatic imine (C=N–C) groups is 1. The third-order valence-corrected chi connectivity index (χ3v) is 5.28. The van der Waals surface area contributed by atoms with Crippen molar-refractivity contribution in [1.29, 1.82) is 0 Å². The molecule has 3 aromatic rings. The Labute approximate surface area is 173 Å². The molecule has 1 unspecified atom stereocenters. The van der Waals surface area contributed by atoms with Gasteiger partial charge in [0.05, 0.1) is 18.3 Å². The zero-order valence-corrected chi connectivity index (χ0v) is 17.8. The Balaban J connectivity index is 1.47. The number of fused-ring (bicyclic) bond motifs is 2. The van der Waals surface area contributed by atoms with E-state index in [0.29, 0.717) is 6.54 Å². The van der Waals surface area contributed by atoms with Gasteiger partial charge in [-0.15, -0.1) is 0 Å². The highest BCUT2D eigenvalue weighted by Crippen LogP contribution is 2.39. The van der Waals surface area contributed by atoms with Gasteiger partial charge in [0.1, 0.15) is 17.0 Å². The third-order valence-electron chi connectivity index (χ3n) is 4.81. The van der Waals surface area contributed by atoms with Gasteiger partial charge in [0.15, 0.2) is 5.96 Å². The van der Waals surface area contributed by atoms with E-state index in [0.717, 1.165) is 39.5 Å². The van der Waals surface area contributed by atoms with Crippen LogP contribution in [0.25, 0.3) is 5.65 Å². The fourth-order valence-corrected chi connectivity index (χ4v) is 3.92. The lowest BCUT2D eigenvalue weighted by Crippen LogP contribution is -2.45. The summed E-state index contributed by atoms with van der Waals surface area (Å²) in [4.78, 5) is 9.04. The summed E-state index contributed by atoms with van der Waals surface area (Å²) in [5.74, 6) is 1.67. The van der Waals surface area contributed by atoms with Crippen molar-refractivity contribution in [3.8, 4) is 5.75 Å². The van der Waals surface area contributed by atoms with Crippen LogP contribution in [-0.4, -0.2) is 28.0 Å². The lowest BCUT2D eigenvalue weighted by atomic mass is 9.90. The first-order valence-corrected chi connectivity index (χ1v) is 10.1. The number of pyridine rings is 1. The molecule has 0 spiro atoms. The summed E-state index contributed by atoms with van der Waals surface area (Å²) in [5.41, 5.74) is 2.79. The molecule has 0 bridgehead atoms. The standard InChI is InChI=1S/C21H24BrN5O/c1-21(2)10-17(16-6-4-5-7-18(16)28-21)26-20(23-3)24-11-15-13-27-12-14(22)8-9-19(27)25-15/h4-9,12-13,17H,10-11H2,1-3H3,(H2,23,24,26). The number of hydrogen-bond acceptors (Lipinski definition) is 3. The number of aromatic nitrogens is 2. The van der Waals surface area contributed by atoms with Crippen LogP contribution in [0.5, 0.6) is 5.75 Å². The summed E-state index contributed by atoms with van der Waals surface area (Å²) >= 11 is 3.49. The number of rotatable bonds is 3. The van der Waals surface area contributed by atoms with E-state index in [1.54, 1.807) is 7.05 Å². The molecule has 6 nitrogen and oxygen atoms in total. The molecule has 146 valence electrons. The number of nitrogens with one attached hydrogen (secondary N) is 2. The van der Waals surface area contributed by atoms with E-state index in [4.69, 9.17) is 4.74 Å². The van der Waals surface area contributed by atoms with Gasteiger partial charge in [-0.3, -0.25) is 4.99 Å². The predicted molar refractivity (Wildman–Crippen MR) is 115 cm³/mol. The predicted octanol–water partition coefficient (Wildman–Crippen LogP) is 4.06. The summed E-state index contributed by atoms with van der Waals surface area (Å²) in [6.45, 7) is 4.82. The summed E-state index contributed by atoms with van der Waals surface area (Å²) in [6.07, 6.45) is 4.88. The van der Waals surface area contributed by atoms with Gasteiger partial charge in [0.25, 0.3) is 0 Å². The highest BCUT2D eigenvalue weighted by molar-refractivity contribution is 9.10. The van der Waals surface area contributed by atoms with Gasteiger partial charge in [0.2, 0.25) is 0 Å². The Bertz CT molecular complexity index is 1030. The summed E-state index contributed by atoms with van der Waals surface area (Å²) in [6, 6.07) is 12.3. The van der Waals surface area contributed by atoms with Crippen LogP contribution in [0.2, 0.25) is 0 Å². The molecule has 28 heavy (non-hydrogen) atoms. The lowest BCUT2D eigenvalue weighted by molar-refractivity contribution is 0.0694. The SMILES string of the molecule is CN=C(NCc1cn2cc(Br)ccc2n1)NC1CC(C)(C)Oc2ccccc21. The van der Waals surface area contributed by atoms with Gasteiger partial charge < -0.3 is 19.8 Å². The quantitative estimate of drug-likeness (QED) is 0.475. The maximum absolute atomic E-state index is 6.12. The molecule has 1 aromatic carbocycles. The Morgan fingerprint density at radius 1 is 1.29 bits per heavy atom. The van der Waals surface area contributed by atoms with Crippen molar-refractivity contribution in [2.75, 3.05) is 7.05 Å². The third kappa shape index (κ3) is 3.99. The molecule has 1 atom stereocenters. The minimum absolute atomic E-state index is 0.128. The highest BCUT2D eigenvalue weighted by Gasteiger charge is 2.33. The zero-order valence-electron chi connectivity index (χ0n) is 16.2. The number of para-hydroxylation sites is 1. The first kappa shape index (κ1) is 18.8. The van der Waals surface area contributed by atoms with Gasteiger partial charge in [-0.25, -0.2) is 4.98 Å². The molecule has 0 aliphatic carbocycles. The number of ether oxygens (including phenoxy) is 1. The zero-order chi connectivity index (χ0) is 19.7. The molecule has 3 heterocycles. The molecule has 4 rings (SSSR count). The summed E-state index contributed by atoms with van der Waals surface area (Å²) in [5, 5.41) is 6.92. The van der Waals surface area contributed by atoms with E-state index >= 15 is 0 Å². The molecule has 1 aliphatic heterocycles. The van der Waals surface area contributed by atoms with Crippen molar-refractivity contribution in [3.63, 3.8) is 0 Å². The Hall–Kier alpha value is -2.54. The molecular formula is C21H24BrN5O. The summed E-state index contributed by atoms with van der Waals surface area (Å²) in [7, 11) is 1.78. The normalized spacial score (nSPS) is 18.4. The molecule has 2 N–H and O–H groups in total. The molecule has 1 aliphatic rings. The number of halogens is 1. The summed E-state index contributed by atoms with van der Waals surface area (Å²) < 4.78 is 9.15. The Kier molecular flexibility index (Phi) is 5.02. The molecule has 0 fully saturated rings. The van der Waals surface area contributed by atoms with Gasteiger partial charge >= 0.3 is 0 Å². The first-order valence-electron chi connectivity index (χ1n) is 9.32. The first-order chi connectivity index (χ1) is 13.4. The Morgan fingerprint density at radius 3 is 2.93 bits per heavy atom. The fraction of sp³-hybridized carbons (Fsp3) is 0.333. The maximum Gasteiger partial charge on any atom is 0.191 e. The number of guanidine groups is 1. The topological polar surface area (TPSA) is 63.0 Å². The monoisotopic (exact) mass is 441 g/mol. The largest absolute Gasteiger partial charge is 0.487 e. The highest BCUT2D eigenvalue weighted by atomic mass is 79.9. The smallest absolute Gasteiger partial charge is 0.191 e. The van der Waals surface area contributed by atoms with E-state index in [-0.39, 0.29) is 11.6 Å². The average molecular weight is 442 g/mol. The van der Waals surface area contributed by atoms with Crippen molar-refractivity contribution >= 4 is 27.5 Å². The van der Waals surface area contributed by atoms with E-state index < -0.39 is 0 Å². The van der Waals surface area contributed by atoms with Crippen molar-refractivity contribution in [2.45, 2.75) is 38.5 Å². The van der Waals surface area contributed by atoms with Crippen molar-refractivity contribution in [3.05, 3.63) is 64.5 Å². The number of nitrogens with zero attached hydrogens (tertiary/aromatic N) is 3. The molecule has 7 heteroatoms. The van der Waals surface area contributed by atoms with E-state index in [1.165, 1.54) is 0 Å². The maximum atomic E-state index is 6.12. The number of hydrogen-bond donors (Lipinski definition) is 2. The van der Waals surface area contributed by atoms with Crippen LogP contribution in [-0.2, 0) is 6.54 Å². The van der Waals surface area contributed by atoms with Crippen molar-refractivity contribution in [2.24, 2.45) is 4.99 Å². The van der Waals surface area contributed by atoms with Crippen LogP contribution >= 0.6 is 15.9 Å². The van der Waals surface area contributed by atoms with E-state index in [1.807, 2.05) is 47.1 Å². The molecule has 0 saturated carbocycles. The molecule has 0 amide bonds. The second-order valence-corrected chi connectivity index (χ2v) is 8.49. The van der Waals surface area contributed by atoms with Crippen LogP contribution < -0.4 is 15.4 Å². The van der Waals surface area contributed by atoms with E-state index in [9.17, 15) is 0 Å². The Morgan fingerprint density at radius 2 is 2.11 bits per heavy atom. The van der Waals surface area contributed by atoms with Crippen molar-refractivity contribution < 1.29 is 4.74 Å². The van der Waals surface area contributed by atoms with Crippen LogP contribution in [0.3, 0.4) is 0 Å². The lowest BCUT2D eigenvalue weighted by Gasteiger charge is -2.38. The minimum atomic E-state index is -0.236. The molecule has 2 aromatic heterocycles. The molecule has 0 radical (unpaired) electrons. The number of imidazole rings is 1. The van der Waals surface area contributed by atoms with Gasteiger partial charge in [0, 0.05) is 35.9 Å². The van der Waals surface area contributed by atoms with E-state index in [2.05, 4.69) is 56.5 Å². The van der Waals surface area contributed by atoms with Gasteiger partial charge in [-0.05, 0) is 48.0 Å². The fourth-order valence-electron chi connectivity index (χ4n) is 3.57.